The Morgan fingerprint density at radius 1 is 0.933 bits per heavy atom. The summed E-state index contributed by atoms with van der Waals surface area (Å²) in [4.78, 5) is 0. The minimum Gasteiger partial charge on any atom is -0.105 e. The Kier molecular flexibility index (Phi) is 3.18. The summed E-state index contributed by atoms with van der Waals surface area (Å²) >= 11 is 0. The highest BCUT2D eigenvalue weighted by atomic mass is 31.0. The molecule has 0 aliphatic carbocycles. The van der Waals surface area contributed by atoms with Gasteiger partial charge in [-0.05, 0) is 35.3 Å². The number of aryl methyl sites for hydroxylation is 1. The normalized spacial score (nSPS) is 10.3. The first-order valence-corrected chi connectivity index (χ1v) is 5.72. The Labute approximate surface area is 93.5 Å². The molecule has 15 heavy (non-hydrogen) atoms. The lowest BCUT2D eigenvalue weighted by Gasteiger charge is -2.05. The van der Waals surface area contributed by atoms with Crippen LogP contribution in [0.4, 0.5) is 0 Å². The van der Waals surface area contributed by atoms with Crippen LogP contribution in [0, 0.1) is 6.92 Å². The summed E-state index contributed by atoms with van der Waals surface area (Å²) in [6, 6.07) is 17.2. The van der Waals surface area contributed by atoms with Gasteiger partial charge >= 0.3 is 0 Å². The first-order chi connectivity index (χ1) is 7.25. The number of benzene rings is 2. The lowest BCUT2D eigenvalue weighted by atomic mass is 10.0. The molecule has 0 N–H and O–H groups in total. The fourth-order valence-electron chi connectivity index (χ4n) is 1.68. The molecule has 2 aromatic rings. The van der Waals surface area contributed by atoms with E-state index in [-0.39, 0.29) is 0 Å². The predicted octanol–water partition coefficient (Wildman–Crippen LogP) is 3.09. The van der Waals surface area contributed by atoms with Gasteiger partial charge in [-0.25, -0.2) is 0 Å². The van der Waals surface area contributed by atoms with E-state index in [0.717, 1.165) is 6.42 Å². The van der Waals surface area contributed by atoms with Gasteiger partial charge in [0.25, 0.3) is 0 Å². The van der Waals surface area contributed by atoms with E-state index in [1.165, 1.54) is 22.0 Å². The molecular weight excluding hydrogens is 199 g/mol. The molecule has 0 saturated carbocycles. The van der Waals surface area contributed by atoms with Crippen molar-refractivity contribution in [3.05, 3.63) is 65.2 Å². The minimum absolute atomic E-state index is 1.02. The standard InChI is InChI=1S/C14H15P/c1-11-9-13(7-8-14(11)15)10-12-5-3-2-4-6-12/h2-9H,10,15H2,1H3. The topological polar surface area (TPSA) is 0 Å². The zero-order valence-corrected chi connectivity index (χ0v) is 10.1. The Bertz CT molecular complexity index is 446. The molecule has 0 saturated heterocycles. The Morgan fingerprint density at radius 3 is 2.33 bits per heavy atom. The first-order valence-electron chi connectivity index (χ1n) is 5.14. The van der Waals surface area contributed by atoms with Crippen LogP contribution >= 0.6 is 9.24 Å². The molecule has 0 nitrogen and oxygen atoms in total. The van der Waals surface area contributed by atoms with E-state index in [0.29, 0.717) is 0 Å². The van der Waals surface area contributed by atoms with Crippen molar-refractivity contribution < 1.29 is 0 Å². The van der Waals surface area contributed by atoms with Gasteiger partial charge in [0.15, 0.2) is 0 Å². The third kappa shape index (κ3) is 2.67. The number of hydrogen-bond acceptors (Lipinski definition) is 0. The van der Waals surface area contributed by atoms with E-state index >= 15 is 0 Å². The van der Waals surface area contributed by atoms with Crippen molar-refractivity contribution in [2.75, 3.05) is 0 Å². The van der Waals surface area contributed by atoms with E-state index < -0.39 is 0 Å². The highest BCUT2D eigenvalue weighted by Crippen LogP contribution is 2.10. The quantitative estimate of drug-likeness (QED) is 0.674. The van der Waals surface area contributed by atoms with Crippen molar-refractivity contribution in [2.45, 2.75) is 13.3 Å². The van der Waals surface area contributed by atoms with E-state index in [1.54, 1.807) is 0 Å². The molecule has 1 heteroatoms. The second kappa shape index (κ2) is 4.59. The van der Waals surface area contributed by atoms with Crippen molar-refractivity contribution in [1.82, 2.24) is 0 Å². The van der Waals surface area contributed by atoms with Gasteiger partial charge in [-0.3, -0.25) is 0 Å². The molecule has 1 atom stereocenters. The summed E-state index contributed by atoms with van der Waals surface area (Å²) in [5.74, 6) is 0. The lowest BCUT2D eigenvalue weighted by molar-refractivity contribution is 1.19. The lowest BCUT2D eigenvalue weighted by Crippen LogP contribution is -1.98. The Hall–Kier alpha value is -1.13. The van der Waals surface area contributed by atoms with Gasteiger partial charge in [0.1, 0.15) is 0 Å². The average Bonchev–Trinajstić information content (AvgIpc) is 2.25. The maximum Gasteiger partial charge on any atom is -0.00257 e. The summed E-state index contributed by atoms with van der Waals surface area (Å²) in [5, 5.41) is 1.28. The third-order valence-corrected chi connectivity index (χ3v) is 3.23. The zero-order valence-electron chi connectivity index (χ0n) is 8.90. The second-order valence-electron chi connectivity index (χ2n) is 3.85. The van der Waals surface area contributed by atoms with E-state index in [1.807, 2.05) is 0 Å². The largest absolute Gasteiger partial charge is 0.105 e. The molecule has 0 aliphatic rings. The summed E-state index contributed by atoms with van der Waals surface area (Å²) in [6.07, 6.45) is 1.02. The van der Waals surface area contributed by atoms with E-state index in [9.17, 15) is 0 Å². The fraction of sp³-hybridized carbons (Fsp3) is 0.143. The van der Waals surface area contributed by atoms with Crippen LogP contribution < -0.4 is 5.30 Å². The van der Waals surface area contributed by atoms with Crippen molar-refractivity contribution in [3.63, 3.8) is 0 Å². The molecule has 1 unspecified atom stereocenters. The van der Waals surface area contributed by atoms with Crippen LogP contribution in [0.2, 0.25) is 0 Å². The van der Waals surface area contributed by atoms with E-state index in [4.69, 9.17) is 0 Å². The highest BCUT2D eigenvalue weighted by Gasteiger charge is 1.97. The molecule has 0 fully saturated rings. The SMILES string of the molecule is Cc1cc(Cc2ccccc2)ccc1P. The van der Waals surface area contributed by atoms with Gasteiger partial charge in [0.2, 0.25) is 0 Å². The van der Waals surface area contributed by atoms with Gasteiger partial charge < -0.3 is 0 Å². The molecule has 0 aromatic heterocycles. The predicted molar refractivity (Wildman–Crippen MR) is 69.8 cm³/mol. The van der Waals surface area contributed by atoms with Crippen LogP contribution in [0.25, 0.3) is 0 Å². The van der Waals surface area contributed by atoms with Gasteiger partial charge in [-0.2, -0.15) is 0 Å². The van der Waals surface area contributed by atoms with Crippen LogP contribution in [0.5, 0.6) is 0 Å². The van der Waals surface area contributed by atoms with Gasteiger partial charge in [-0.15, -0.1) is 9.24 Å². The third-order valence-electron chi connectivity index (χ3n) is 2.59. The average molecular weight is 214 g/mol. The monoisotopic (exact) mass is 214 g/mol. The van der Waals surface area contributed by atoms with Crippen molar-refractivity contribution >= 4 is 14.5 Å². The van der Waals surface area contributed by atoms with Gasteiger partial charge in [0.05, 0.1) is 0 Å². The molecule has 0 aliphatic heterocycles. The molecule has 0 bridgehead atoms. The Balaban J connectivity index is 2.22. The molecule has 76 valence electrons. The highest BCUT2D eigenvalue weighted by molar-refractivity contribution is 7.27. The summed E-state index contributed by atoms with van der Waals surface area (Å²) < 4.78 is 0. The number of hydrogen-bond donors (Lipinski definition) is 0. The summed E-state index contributed by atoms with van der Waals surface area (Å²) in [5.41, 5.74) is 4.09. The van der Waals surface area contributed by atoms with Gasteiger partial charge in [-0.1, -0.05) is 48.5 Å². The molecular formula is C14H15P. The van der Waals surface area contributed by atoms with Crippen molar-refractivity contribution in [3.8, 4) is 0 Å². The van der Waals surface area contributed by atoms with Crippen LogP contribution in [-0.2, 0) is 6.42 Å². The molecule has 2 aromatic carbocycles. The summed E-state index contributed by atoms with van der Waals surface area (Å²) in [7, 11) is 2.76. The molecule has 0 amide bonds. The fourth-order valence-corrected chi connectivity index (χ4v) is 1.86. The zero-order chi connectivity index (χ0) is 10.7. The smallest absolute Gasteiger partial charge is 0.00257 e. The first kappa shape index (κ1) is 10.4. The molecule has 0 radical (unpaired) electrons. The number of rotatable bonds is 2. The molecule has 0 heterocycles. The maximum atomic E-state index is 2.76. The van der Waals surface area contributed by atoms with Crippen LogP contribution in [0.15, 0.2) is 48.5 Å². The second-order valence-corrected chi connectivity index (χ2v) is 4.48. The summed E-state index contributed by atoms with van der Waals surface area (Å²) in [6.45, 7) is 2.15. The maximum absolute atomic E-state index is 2.76. The van der Waals surface area contributed by atoms with Crippen LogP contribution in [-0.4, -0.2) is 0 Å². The van der Waals surface area contributed by atoms with E-state index in [2.05, 4.69) is 64.7 Å². The Morgan fingerprint density at radius 2 is 1.67 bits per heavy atom. The van der Waals surface area contributed by atoms with Crippen LogP contribution in [0.3, 0.4) is 0 Å². The van der Waals surface area contributed by atoms with Crippen molar-refractivity contribution in [2.24, 2.45) is 0 Å². The van der Waals surface area contributed by atoms with Crippen LogP contribution in [0.1, 0.15) is 16.7 Å². The minimum atomic E-state index is 1.02. The van der Waals surface area contributed by atoms with Gasteiger partial charge in [0, 0.05) is 0 Å². The molecule has 2 rings (SSSR count). The molecule has 0 spiro atoms. The van der Waals surface area contributed by atoms with Crippen molar-refractivity contribution in [1.29, 1.82) is 0 Å².